The second kappa shape index (κ2) is 7.24. The monoisotopic (exact) mass is 309 g/mol. The molecule has 0 saturated heterocycles. The van der Waals surface area contributed by atoms with E-state index >= 15 is 0 Å². The third kappa shape index (κ3) is 4.87. The first-order valence-electron chi connectivity index (χ1n) is 6.43. The Morgan fingerprint density at radius 2 is 2.29 bits per heavy atom. The zero-order valence-corrected chi connectivity index (χ0v) is 12.3. The lowest BCUT2D eigenvalue weighted by Gasteiger charge is -2.11. The first-order valence-corrected chi connectivity index (χ1v) is 7.41. The molecule has 1 atom stereocenters. The van der Waals surface area contributed by atoms with E-state index in [1.165, 1.54) is 30.0 Å². The highest BCUT2D eigenvalue weighted by molar-refractivity contribution is 7.98. The zero-order valence-electron chi connectivity index (χ0n) is 11.5. The first kappa shape index (κ1) is 15.5. The van der Waals surface area contributed by atoms with Crippen molar-refractivity contribution < 1.29 is 9.50 Å². The molecule has 0 fully saturated rings. The second-order valence-electron chi connectivity index (χ2n) is 4.58. The Hall–Kier alpha value is -1.86. The lowest BCUT2D eigenvalue weighted by Crippen LogP contribution is -2.22. The second-order valence-corrected chi connectivity index (χ2v) is 5.55. The highest BCUT2D eigenvalue weighted by Gasteiger charge is 2.06. The van der Waals surface area contributed by atoms with Crippen LogP contribution in [0.25, 0.3) is 0 Å². The molecule has 0 unspecified atom stereocenters. The number of aromatic amines is 1. The van der Waals surface area contributed by atoms with Gasteiger partial charge in [0.2, 0.25) is 0 Å². The molecule has 2 rings (SSSR count). The van der Waals surface area contributed by atoms with Gasteiger partial charge in [0.15, 0.2) is 5.16 Å². The van der Waals surface area contributed by atoms with Crippen molar-refractivity contribution in [2.24, 2.45) is 0 Å². The number of hydrogen-bond donors (Lipinski definition) is 3. The maximum atomic E-state index is 13.1. The van der Waals surface area contributed by atoms with Crippen molar-refractivity contribution in [3.63, 3.8) is 0 Å². The molecule has 0 bridgehead atoms. The van der Waals surface area contributed by atoms with Crippen molar-refractivity contribution in [2.75, 3.05) is 11.9 Å². The summed E-state index contributed by atoms with van der Waals surface area (Å²) in [5.41, 5.74) is 0.532. The van der Waals surface area contributed by atoms with Gasteiger partial charge in [0.1, 0.15) is 11.6 Å². The SMILES string of the molecule is C[C@H](CO)Nc1cc(=O)[nH]c(SCc2cccc(F)c2)n1. The summed E-state index contributed by atoms with van der Waals surface area (Å²) in [5.74, 6) is 0.614. The molecule has 2 aromatic rings. The number of benzene rings is 1. The topological polar surface area (TPSA) is 78.0 Å². The Morgan fingerprint density at radius 3 is 3.00 bits per heavy atom. The number of nitrogens with one attached hydrogen (secondary N) is 2. The third-order valence-electron chi connectivity index (χ3n) is 2.65. The molecule has 0 saturated carbocycles. The van der Waals surface area contributed by atoms with Crippen LogP contribution in [0.3, 0.4) is 0 Å². The fraction of sp³-hybridized carbons (Fsp3) is 0.286. The molecule has 1 aromatic carbocycles. The van der Waals surface area contributed by atoms with E-state index in [-0.39, 0.29) is 24.0 Å². The maximum Gasteiger partial charge on any atom is 0.253 e. The van der Waals surface area contributed by atoms with Crippen molar-refractivity contribution in [1.29, 1.82) is 0 Å². The molecule has 0 aliphatic rings. The Bertz CT molecular complexity index is 663. The van der Waals surface area contributed by atoms with Crippen LogP contribution in [0.2, 0.25) is 0 Å². The number of hydrogen-bond acceptors (Lipinski definition) is 5. The molecule has 1 heterocycles. The van der Waals surface area contributed by atoms with Crippen LogP contribution >= 0.6 is 11.8 Å². The van der Waals surface area contributed by atoms with Crippen LogP contribution in [0, 0.1) is 5.82 Å². The number of thioether (sulfide) groups is 1. The van der Waals surface area contributed by atoms with E-state index in [0.717, 1.165) is 5.56 Å². The summed E-state index contributed by atoms with van der Waals surface area (Å²) in [5, 5.41) is 12.4. The lowest BCUT2D eigenvalue weighted by molar-refractivity contribution is 0.281. The molecule has 1 aromatic heterocycles. The molecule has 21 heavy (non-hydrogen) atoms. The quantitative estimate of drug-likeness (QED) is 0.562. The van der Waals surface area contributed by atoms with Gasteiger partial charge in [-0.1, -0.05) is 23.9 Å². The summed E-state index contributed by atoms with van der Waals surface area (Å²) in [6.45, 7) is 1.72. The average Bonchev–Trinajstić information content (AvgIpc) is 2.44. The predicted octanol–water partition coefficient (Wildman–Crippen LogP) is 1.99. The molecule has 0 aliphatic heterocycles. The van der Waals surface area contributed by atoms with Crippen molar-refractivity contribution in [2.45, 2.75) is 23.9 Å². The van der Waals surface area contributed by atoms with Crippen LogP contribution in [0.5, 0.6) is 0 Å². The van der Waals surface area contributed by atoms with E-state index in [0.29, 0.717) is 16.7 Å². The molecule has 0 spiro atoms. The molecule has 0 amide bonds. The van der Waals surface area contributed by atoms with E-state index in [2.05, 4.69) is 15.3 Å². The van der Waals surface area contributed by atoms with Gasteiger partial charge >= 0.3 is 0 Å². The minimum atomic E-state index is -0.290. The number of H-pyrrole nitrogens is 1. The van der Waals surface area contributed by atoms with Crippen molar-refractivity contribution in [3.05, 3.63) is 52.1 Å². The van der Waals surface area contributed by atoms with Crippen LogP contribution < -0.4 is 10.9 Å². The molecule has 0 aliphatic carbocycles. The van der Waals surface area contributed by atoms with Crippen molar-refractivity contribution in [3.8, 4) is 0 Å². The van der Waals surface area contributed by atoms with Gasteiger partial charge in [-0.15, -0.1) is 0 Å². The van der Waals surface area contributed by atoms with Crippen LogP contribution in [-0.4, -0.2) is 27.7 Å². The Morgan fingerprint density at radius 1 is 1.48 bits per heavy atom. The smallest absolute Gasteiger partial charge is 0.253 e. The average molecular weight is 309 g/mol. The molecule has 7 heteroatoms. The predicted molar refractivity (Wildman–Crippen MR) is 81.0 cm³/mol. The van der Waals surface area contributed by atoms with E-state index in [1.807, 2.05) is 6.07 Å². The summed E-state index contributed by atoms with van der Waals surface area (Å²) < 4.78 is 13.1. The third-order valence-corrected chi connectivity index (χ3v) is 3.60. The standard InChI is InChI=1S/C14H16FN3O2S/c1-9(7-19)16-12-6-13(20)18-14(17-12)21-8-10-3-2-4-11(15)5-10/h2-6,9,19H,7-8H2,1H3,(H2,16,17,18,20)/t9-/m1/s1. The van der Waals surface area contributed by atoms with Crippen LogP contribution in [-0.2, 0) is 5.75 Å². The van der Waals surface area contributed by atoms with Gasteiger partial charge in [0.25, 0.3) is 5.56 Å². The zero-order chi connectivity index (χ0) is 15.2. The number of rotatable bonds is 6. The molecule has 112 valence electrons. The number of aliphatic hydroxyl groups is 1. The van der Waals surface area contributed by atoms with Gasteiger partial charge in [-0.25, -0.2) is 9.37 Å². The molecule has 3 N–H and O–H groups in total. The van der Waals surface area contributed by atoms with Crippen LogP contribution in [0.4, 0.5) is 10.2 Å². The summed E-state index contributed by atoms with van der Waals surface area (Å²) in [6.07, 6.45) is 0. The van der Waals surface area contributed by atoms with E-state index in [1.54, 1.807) is 13.0 Å². The highest BCUT2D eigenvalue weighted by Crippen LogP contribution is 2.19. The minimum absolute atomic E-state index is 0.0553. The summed E-state index contributed by atoms with van der Waals surface area (Å²) in [4.78, 5) is 18.4. The molecule has 0 radical (unpaired) electrons. The number of nitrogens with zero attached hydrogens (tertiary/aromatic N) is 1. The summed E-state index contributed by atoms with van der Waals surface area (Å²) in [6, 6.07) is 7.42. The summed E-state index contributed by atoms with van der Waals surface area (Å²) in [7, 11) is 0. The lowest BCUT2D eigenvalue weighted by atomic mass is 10.2. The Labute approximate surface area is 125 Å². The molecular weight excluding hydrogens is 293 g/mol. The van der Waals surface area contributed by atoms with E-state index in [9.17, 15) is 9.18 Å². The summed E-state index contributed by atoms with van der Waals surface area (Å²) >= 11 is 1.31. The van der Waals surface area contributed by atoms with Crippen LogP contribution in [0.1, 0.15) is 12.5 Å². The Balaban J connectivity index is 2.07. The van der Waals surface area contributed by atoms with E-state index < -0.39 is 0 Å². The first-order chi connectivity index (χ1) is 10.1. The van der Waals surface area contributed by atoms with Gasteiger partial charge in [0, 0.05) is 17.9 Å². The van der Waals surface area contributed by atoms with Gasteiger partial charge in [0.05, 0.1) is 6.61 Å². The largest absolute Gasteiger partial charge is 0.394 e. The normalized spacial score (nSPS) is 12.1. The van der Waals surface area contributed by atoms with Gasteiger partial charge in [-0.3, -0.25) is 4.79 Å². The van der Waals surface area contributed by atoms with E-state index in [4.69, 9.17) is 5.11 Å². The van der Waals surface area contributed by atoms with Crippen molar-refractivity contribution in [1.82, 2.24) is 9.97 Å². The Kier molecular flexibility index (Phi) is 5.35. The number of aliphatic hydroxyl groups excluding tert-OH is 1. The highest BCUT2D eigenvalue weighted by atomic mass is 32.2. The number of anilines is 1. The fourth-order valence-corrected chi connectivity index (χ4v) is 2.47. The molecule has 5 nitrogen and oxygen atoms in total. The maximum absolute atomic E-state index is 13.1. The fourth-order valence-electron chi connectivity index (χ4n) is 1.65. The number of aromatic nitrogens is 2. The van der Waals surface area contributed by atoms with Crippen LogP contribution in [0.15, 0.2) is 40.3 Å². The van der Waals surface area contributed by atoms with Gasteiger partial charge < -0.3 is 15.4 Å². The number of halogens is 1. The minimum Gasteiger partial charge on any atom is -0.394 e. The van der Waals surface area contributed by atoms with Gasteiger partial charge in [-0.05, 0) is 24.6 Å². The van der Waals surface area contributed by atoms with Crippen molar-refractivity contribution >= 4 is 17.6 Å². The van der Waals surface area contributed by atoms with Gasteiger partial charge in [-0.2, -0.15) is 0 Å². The molecular formula is C14H16FN3O2S.